The maximum Gasteiger partial charge on any atom is 0.417 e. The van der Waals surface area contributed by atoms with E-state index in [0.29, 0.717) is 18.0 Å². The van der Waals surface area contributed by atoms with Crippen LogP contribution in [-0.2, 0) is 19.6 Å². The zero-order valence-corrected chi connectivity index (χ0v) is 15.6. The number of nitrogens with zero attached hydrogens (tertiary/aromatic N) is 2. The molecule has 8 heteroatoms. The summed E-state index contributed by atoms with van der Waals surface area (Å²) in [6.07, 6.45) is -0.646. The van der Waals surface area contributed by atoms with Gasteiger partial charge in [-0.05, 0) is 49.9 Å². The van der Waals surface area contributed by atoms with Crippen LogP contribution in [-0.4, -0.2) is 55.9 Å². The Morgan fingerprint density at radius 1 is 1.08 bits per heavy atom. The van der Waals surface area contributed by atoms with Crippen LogP contribution in [0.1, 0.15) is 22.3 Å². The minimum Gasteiger partial charge on any atom is -0.439 e. The standard InChI is InChI=1S/C17H22N2O5S/c1-10-5-11(2)13(4)16(12(10)3)25(22,23)18-6-14(7-18)8-19-15(20)9-24-17(19)21/h5,14H,6-9H2,1-4H3. The molecule has 2 fully saturated rings. The molecule has 2 amide bonds. The number of hydrogen-bond donors (Lipinski definition) is 0. The first-order valence-corrected chi connectivity index (χ1v) is 9.61. The lowest BCUT2D eigenvalue weighted by Crippen LogP contribution is -2.54. The summed E-state index contributed by atoms with van der Waals surface area (Å²) < 4.78 is 32.1. The number of cyclic esters (lactones) is 1. The molecule has 0 spiro atoms. The van der Waals surface area contributed by atoms with E-state index in [1.54, 1.807) is 0 Å². The molecular weight excluding hydrogens is 344 g/mol. The van der Waals surface area contributed by atoms with Gasteiger partial charge in [-0.15, -0.1) is 0 Å². The third-order valence-electron chi connectivity index (χ3n) is 5.10. The van der Waals surface area contributed by atoms with Gasteiger partial charge in [0.15, 0.2) is 6.61 Å². The fourth-order valence-electron chi connectivity index (χ4n) is 3.35. The lowest BCUT2D eigenvalue weighted by molar-refractivity contribution is -0.126. The van der Waals surface area contributed by atoms with Gasteiger partial charge in [-0.25, -0.2) is 18.1 Å². The number of amides is 2. The first-order chi connectivity index (χ1) is 11.6. The fourth-order valence-corrected chi connectivity index (χ4v) is 5.51. The van der Waals surface area contributed by atoms with Gasteiger partial charge in [0.2, 0.25) is 10.0 Å². The molecule has 0 aliphatic carbocycles. The van der Waals surface area contributed by atoms with Gasteiger partial charge >= 0.3 is 6.09 Å². The SMILES string of the molecule is Cc1cc(C)c(C)c(S(=O)(=O)N2CC(CN3C(=O)COC3=O)C2)c1C. The van der Waals surface area contributed by atoms with Crippen LogP contribution in [0.15, 0.2) is 11.0 Å². The molecule has 0 saturated carbocycles. The molecule has 7 nitrogen and oxygen atoms in total. The number of hydrogen-bond acceptors (Lipinski definition) is 5. The van der Waals surface area contributed by atoms with Crippen LogP contribution in [0.3, 0.4) is 0 Å². The lowest BCUT2D eigenvalue weighted by Gasteiger charge is -2.39. The Labute approximate surface area is 147 Å². The molecule has 1 aromatic rings. The molecule has 0 radical (unpaired) electrons. The Kier molecular flexibility index (Phi) is 4.36. The number of aryl methyl sites for hydroxylation is 2. The Morgan fingerprint density at radius 3 is 2.12 bits per heavy atom. The molecule has 0 atom stereocenters. The van der Waals surface area contributed by atoms with E-state index >= 15 is 0 Å². The van der Waals surface area contributed by atoms with Crippen molar-refractivity contribution in [1.82, 2.24) is 9.21 Å². The van der Waals surface area contributed by atoms with Gasteiger partial charge in [-0.2, -0.15) is 4.31 Å². The molecule has 136 valence electrons. The molecule has 1 aromatic carbocycles. The highest BCUT2D eigenvalue weighted by Crippen LogP contribution is 2.32. The van der Waals surface area contributed by atoms with Crippen molar-refractivity contribution in [2.45, 2.75) is 32.6 Å². The molecule has 2 heterocycles. The summed E-state index contributed by atoms with van der Waals surface area (Å²) in [4.78, 5) is 24.5. The molecule has 0 bridgehead atoms. The van der Waals surface area contributed by atoms with E-state index in [2.05, 4.69) is 4.74 Å². The van der Waals surface area contributed by atoms with Crippen molar-refractivity contribution < 1.29 is 22.7 Å². The fraction of sp³-hybridized carbons (Fsp3) is 0.529. The van der Waals surface area contributed by atoms with Crippen molar-refractivity contribution in [3.05, 3.63) is 28.3 Å². The van der Waals surface area contributed by atoms with Gasteiger partial charge in [0.05, 0.1) is 4.90 Å². The normalized spacial score (nSPS) is 19.3. The molecule has 3 rings (SSSR count). The monoisotopic (exact) mass is 366 g/mol. The van der Waals surface area contributed by atoms with Crippen LogP contribution in [0.2, 0.25) is 0 Å². The molecule has 25 heavy (non-hydrogen) atoms. The highest BCUT2D eigenvalue weighted by Gasteiger charge is 2.42. The lowest BCUT2D eigenvalue weighted by atomic mass is 10.0. The van der Waals surface area contributed by atoms with Gasteiger partial charge in [0.25, 0.3) is 5.91 Å². The highest BCUT2D eigenvalue weighted by molar-refractivity contribution is 7.89. The first kappa shape index (κ1) is 17.9. The predicted octanol–water partition coefficient (Wildman–Crippen LogP) is 1.52. The molecule has 0 N–H and O–H groups in total. The van der Waals surface area contributed by atoms with E-state index in [-0.39, 0.29) is 25.0 Å². The van der Waals surface area contributed by atoms with Gasteiger partial charge in [0.1, 0.15) is 0 Å². The molecule has 2 saturated heterocycles. The van der Waals surface area contributed by atoms with Crippen LogP contribution in [0.5, 0.6) is 0 Å². The predicted molar refractivity (Wildman–Crippen MR) is 90.7 cm³/mol. The third-order valence-corrected chi connectivity index (χ3v) is 7.21. The number of carbonyl (C=O) groups excluding carboxylic acids is 2. The summed E-state index contributed by atoms with van der Waals surface area (Å²) in [6, 6.07) is 1.99. The van der Waals surface area contributed by atoms with E-state index in [1.165, 1.54) is 4.31 Å². The zero-order chi connectivity index (χ0) is 18.5. The maximum absolute atomic E-state index is 13.0. The van der Waals surface area contributed by atoms with Gasteiger partial charge in [-0.3, -0.25) is 4.79 Å². The van der Waals surface area contributed by atoms with E-state index in [0.717, 1.165) is 27.2 Å². The summed E-state index contributed by atoms with van der Waals surface area (Å²) in [6.45, 7) is 8.03. The van der Waals surface area contributed by atoms with E-state index in [9.17, 15) is 18.0 Å². The minimum atomic E-state index is -3.59. The summed E-state index contributed by atoms with van der Waals surface area (Å²) in [7, 11) is -3.59. The topological polar surface area (TPSA) is 84.0 Å². The third kappa shape index (κ3) is 2.93. The van der Waals surface area contributed by atoms with Crippen LogP contribution >= 0.6 is 0 Å². The number of sulfonamides is 1. The quantitative estimate of drug-likeness (QED) is 0.807. The van der Waals surface area contributed by atoms with Crippen molar-refractivity contribution in [2.75, 3.05) is 26.2 Å². The Hall–Kier alpha value is -1.93. The van der Waals surface area contributed by atoms with Crippen LogP contribution < -0.4 is 0 Å². The smallest absolute Gasteiger partial charge is 0.417 e. The second-order valence-corrected chi connectivity index (χ2v) is 8.71. The zero-order valence-electron chi connectivity index (χ0n) is 14.8. The number of rotatable bonds is 4. The second-order valence-electron chi connectivity index (χ2n) is 6.84. The van der Waals surface area contributed by atoms with E-state index < -0.39 is 16.1 Å². The van der Waals surface area contributed by atoms with Crippen molar-refractivity contribution >= 4 is 22.0 Å². The Morgan fingerprint density at radius 2 is 1.64 bits per heavy atom. The van der Waals surface area contributed by atoms with Crippen molar-refractivity contribution in [3.63, 3.8) is 0 Å². The van der Waals surface area contributed by atoms with E-state index in [4.69, 9.17) is 0 Å². The highest BCUT2D eigenvalue weighted by atomic mass is 32.2. The second kappa shape index (κ2) is 6.10. The van der Waals surface area contributed by atoms with Crippen molar-refractivity contribution in [3.8, 4) is 0 Å². The average molecular weight is 366 g/mol. The largest absolute Gasteiger partial charge is 0.439 e. The summed E-state index contributed by atoms with van der Waals surface area (Å²) in [5.74, 6) is -0.428. The van der Waals surface area contributed by atoms with Crippen molar-refractivity contribution in [2.24, 2.45) is 5.92 Å². The van der Waals surface area contributed by atoms with E-state index in [1.807, 2.05) is 33.8 Å². The molecule has 0 unspecified atom stereocenters. The maximum atomic E-state index is 13.0. The first-order valence-electron chi connectivity index (χ1n) is 8.17. The van der Waals surface area contributed by atoms with Crippen LogP contribution in [0.25, 0.3) is 0 Å². The average Bonchev–Trinajstić information content (AvgIpc) is 2.79. The van der Waals surface area contributed by atoms with Gasteiger partial charge < -0.3 is 4.74 Å². The van der Waals surface area contributed by atoms with Gasteiger partial charge in [0, 0.05) is 25.6 Å². The van der Waals surface area contributed by atoms with Crippen molar-refractivity contribution in [1.29, 1.82) is 0 Å². The molecule has 2 aliphatic heterocycles. The van der Waals surface area contributed by atoms with Crippen LogP contribution in [0.4, 0.5) is 4.79 Å². The van der Waals surface area contributed by atoms with Crippen LogP contribution in [0, 0.1) is 33.6 Å². The number of benzene rings is 1. The Balaban J connectivity index is 1.76. The van der Waals surface area contributed by atoms with Gasteiger partial charge in [-0.1, -0.05) is 6.07 Å². The Bertz CT molecular complexity index is 814. The minimum absolute atomic E-state index is 0.0594. The number of carbonyl (C=O) groups is 2. The number of ether oxygens (including phenoxy) is 1. The summed E-state index contributed by atoms with van der Waals surface area (Å²) >= 11 is 0. The summed E-state index contributed by atoms with van der Waals surface area (Å²) in [5, 5.41) is 0. The molecular formula is C17H22N2O5S. The molecule has 0 aromatic heterocycles. The number of imide groups is 1. The molecule has 2 aliphatic rings. The summed E-state index contributed by atoms with van der Waals surface area (Å²) in [5.41, 5.74) is 3.43.